The third-order valence-corrected chi connectivity index (χ3v) is 3.24. The maximum absolute atomic E-state index is 5.32. The van der Waals surface area contributed by atoms with Crippen LogP contribution in [0.25, 0.3) is 0 Å². The summed E-state index contributed by atoms with van der Waals surface area (Å²) < 4.78 is 10.5. The molecule has 5 nitrogen and oxygen atoms in total. The summed E-state index contributed by atoms with van der Waals surface area (Å²) in [4.78, 5) is 4.58. The molecule has 2 rings (SSSR count). The Balaban J connectivity index is 1.88. The average Bonchev–Trinajstić information content (AvgIpc) is 3.10. The van der Waals surface area contributed by atoms with E-state index in [1.165, 1.54) is 0 Å². The van der Waals surface area contributed by atoms with Gasteiger partial charge in [0.15, 0.2) is 5.96 Å². The molecule has 0 saturated heterocycles. The van der Waals surface area contributed by atoms with Crippen LogP contribution in [0.5, 0.6) is 5.75 Å². The van der Waals surface area contributed by atoms with E-state index in [4.69, 9.17) is 9.15 Å². The highest BCUT2D eigenvalue weighted by atomic mass is 16.5. The number of aliphatic imine (C=N–C) groups is 1. The Labute approximate surface area is 137 Å². The van der Waals surface area contributed by atoms with Gasteiger partial charge in [-0.05, 0) is 29.8 Å². The van der Waals surface area contributed by atoms with Crippen molar-refractivity contribution in [1.29, 1.82) is 0 Å². The van der Waals surface area contributed by atoms with Gasteiger partial charge in [0, 0.05) is 19.5 Å². The Bertz CT molecular complexity index is 604. The molecule has 1 aromatic carbocycles. The average molecular weight is 313 g/mol. The number of furan rings is 1. The minimum atomic E-state index is 0.594. The molecular formula is C18H23N3O2. The number of hydrogen-bond acceptors (Lipinski definition) is 3. The molecule has 0 fully saturated rings. The zero-order valence-electron chi connectivity index (χ0n) is 13.4. The number of guanidine groups is 1. The molecule has 0 aliphatic rings. The summed E-state index contributed by atoms with van der Waals surface area (Å²) in [6.45, 7) is 5.72. The number of nitrogens with zero attached hydrogens (tertiary/aromatic N) is 1. The van der Waals surface area contributed by atoms with Gasteiger partial charge in [-0.2, -0.15) is 0 Å². The largest absolute Gasteiger partial charge is 0.497 e. The van der Waals surface area contributed by atoms with Crippen LogP contribution in [0, 0.1) is 0 Å². The molecule has 0 bridgehead atoms. The smallest absolute Gasteiger partial charge is 0.191 e. The van der Waals surface area contributed by atoms with Crippen molar-refractivity contribution in [2.75, 3.05) is 20.2 Å². The lowest BCUT2D eigenvalue weighted by molar-refractivity contribution is 0.414. The second kappa shape index (κ2) is 9.35. The number of hydrogen-bond donors (Lipinski definition) is 2. The lowest BCUT2D eigenvalue weighted by atomic mass is 10.2. The first kappa shape index (κ1) is 16.7. The van der Waals surface area contributed by atoms with Gasteiger partial charge in [-0.3, -0.25) is 0 Å². The van der Waals surface area contributed by atoms with E-state index in [0.29, 0.717) is 13.1 Å². The highest BCUT2D eigenvalue weighted by Gasteiger charge is 2.00. The van der Waals surface area contributed by atoms with Crippen LogP contribution in [0.2, 0.25) is 0 Å². The highest BCUT2D eigenvalue weighted by Crippen LogP contribution is 2.11. The van der Waals surface area contributed by atoms with E-state index in [1.54, 1.807) is 19.4 Å². The van der Waals surface area contributed by atoms with E-state index < -0.39 is 0 Å². The molecule has 5 heteroatoms. The predicted molar refractivity (Wildman–Crippen MR) is 92.7 cm³/mol. The van der Waals surface area contributed by atoms with Gasteiger partial charge in [0.05, 0.1) is 19.9 Å². The van der Waals surface area contributed by atoms with Gasteiger partial charge < -0.3 is 19.8 Å². The monoisotopic (exact) mass is 313 g/mol. The summed E-state index contributed by atoms with van der Waals surface area (Å²) >= 11 is 0. The van der Waals surface area contributed by atoms with E-state index in [-0.39, 0.29) is 0 Å². The van der Waals surface area contributed by atoms with Crippen molar-refractivity contribution < 1.29 is 9.15 Å². The van der Waals surface area contributed by atoms with Crippen molar-refractivity contribution in [2.24, 2.45) is 4.99 Å². The Hall–Kier alpha value is -2.69. The number of rotatable bonds is 8. The van der Waals surface area contributed by atoms with E-state index in [9.17, 15) is 0 Å². The fraction of sp³-hybridized carbons (Fsp3) is 0.278. The molecule has 0 aliphatic heterocycles. The molecule has 122 valence electrons. The second-order valence-corrected chi connectivity index (χ2v) is 4.94. The van der Waals surface area contributed by atoms with Gasteiger partial charge in [-0.1, -0.05) is 18.2 Å². The fourth-order valence-electron chi connectivity index (χ4n) is 2.00. The maximum atomic E-state index is 5.32. The van der Waals surface area contributed by atoms with Gasteiger partial charge in [0.2, 0.25) is 0 Å². The highest BCUT2D eigenvalue weighted by molar-refractivity contribution is 5.79. The number of methoxy groups -OCH3 is 1. The van der Waals surface area contributed by atoms with Crippen molar-refractivity contribution in [3.63, 3.8) is 0 Å². The molecule has 23 heavy (non-hydrogen) atoms. The second-order valence-electron chi connectivity index (χ2n) is 4.94. The summed E-state index contributed by atoms with van der Waals surface area (Å²) in [6.07, 6.45) is 4.30. The first-order valence-electron chi connectivity index (χ1n) is 7.60. The lowest BCUT2D eigenvalue weighted by Gasteiger charge is -2.11. The molecule has 0 saturated carbocycles. The number of ether oxygens (including phenoxy) is 1. The van der Waals surface area contributed by atoms with Crippen LogP contribution in [0.15, 0.2) is 64.7 Å². The van der Waals surface area contributed by atoms with Crippen LogP contribution >= 0.6 is 0 Å². The normalized spacial score (nSPS) is 11.1. The molecule has 0 atom stereocenters. The minimum absolute atomic E-state index is 0.594. The Morgan fingerprint density at radius 1 is 1.26 bits per heavy atom. The van der Waals surface area contributed by atoms with Crippen molar-refractivity contribution in [2.45, 2.75) is 13.0 Å². The molecule has 0 radical (unpaired) electrons. The summed E-state index contributed by atoms with van der Waals surface area (Å²) in [7, 11) is 1.66. The number of nitrogens with one attached hydrogen (secondary N) is 2. The van der Waals surface area contributed by atoms with E-state index >= 15 is 0 Å². The fourth-order valence-corrected chi connectivity index (χ4v) is 2.00. The topological polar surface area (TPSA) is 58.8 Å². The van der Waals surface area contributed by atoms with E-state index in [2.05, 4.69) is 22.2 Å². The Kier molecular flexibility index (Phi) is 6.78. The van der Waals surface area contributed by atoms with Gasteiger partial charge >= 0.3 is 0 Å². The molecule has 0 unspecified atom stereocenters. The van der Waals surface area contributed by atoms with Crippen LogP contribution in [-0.2, 0) is 13.0 Å². The number of benzene rings is 1. The third kappa shape index (κ3) is 5.90. The molecule has 1 aromatic heterocycles. The molecule has 0 amide bonds. The summed E-state index contributed by atoms with van der Waals surface area (Å²) in [6, 6.07) is 11.8. The zero-order chi connectivity index (χ0) is 16.3. The molecule has 0 aliphatic carbocycles. The lowest BCUT2D eigenvalue weighted by Crippen LogP contribution is -2.38. The van der Waals surface area contributed by atoms with E-state index in [0.717, 1.165) is 36.0 Å². The summed E-state index contributed by atoms with van der Waals surface area (Å²) in [5, 5.41) is 6.50. The molecular weight excluding hydrogens is 290 g/mol. The molecule has 0 spiro atoms. The van der Waals surface area contributed by atoms with Gasteiger partial charge in [0.25, 0.3) is 0 Å². The SMILES string of the molecule is C=CCNC(=NCc1ccc(OC)cc1)NCCc1ccco1. The van der Waals surface area contributed by atoms with Crippen molar-refractivity contribution >= 4 is 5.96 Å². The van der Waals surface area contributed by atoms with Crippen LogP contribution in [-0.4, -0.2) is 26.2 Å². The minimum Gasteiger partial charge on any atom is -0.497 e. The molecule has 1 heterocycles. The Morgan fingerprint density at radius 3 is 2.74 bits per heavy atom. The van der Waals surface area contributed by atoms with Crippen LogP contribution in [0.4, 0.5) is 0 Å². The van der Waals surface area contributed by atoms with Crippen molar-refractivity contribution in [1.82, 2.24) is 10.6 Å². The first-order valence-corrected chi connectivity index (χ1v) is 7.60. The third-order valence-electron chi connectivity index (χ3n) is 3.24. The van der Waals surface area contributed by atoms with Crippen LogP contribution in [0.1, 0.15) is 11.3 Å². The van der Waals surface area contributed by atoms with Gasteiger partial charge in [-0.15, -0.1) is 6.58 Å². The van der Waals surface area contributed by atoms with Crippen molar-refractivity contribution in [3.05, 3.63) is 66.6 Å². The molecule has 2 aromatic rings. The predicted octanol–water partition coefficient (Wildman–Crippen LogP) is 2.75. The summed E-state index contributed by atoms with van der Waals surface area (Å²) in [5.74, 6) is 2.56. The Morgan fingerprint density at radius 2 is 2.09 bits per heavy atom. The van der Waals surface area contributed by atoms with Crippen LogP contribution < -0.4 is 15.4 Å². The van der Waals surface area contributed by atoms with Crippen LogP contribution in [0.3, 0.4) is 0 Å². The summed E-state index contributed by atoms with van der Waals surface area (Å²) in [5.41, 5.74) is 1.12. The first-order chi connectivity index (χ1) is 11.3. The quantitative estimate of drug-likeness (QED) is 0.447. The maximum Gasteiger partial charge on any atom is 0.191 e. The molecule has 2 N–H and O–H groups in total. The van der Waals surface area contributed by atoms with Gasteiger partial charge in [-0.25, -0.2) is 4.99 Å². The van der Waals surface area contributed by atoms with Crippen molar-refractivity contribution in [3.8, 4) is 5.75 Å². The zero-order valence-corrected chi connectivity index (χ0v) is 13.4. The standard InChI is InChI=1S/C18H23N3O2/c1-3-11-19-18(20-12-10-17-5-4-13-23-17)21-14-15-6-8-16(22-2)9-7-15/h3-9,13H,1,10-12,14H2,2H3,(H2,19,20,21). The van der Waals surface area contributed by atoms with E-state index in [1.807, 2.05) is 36.4 Å². The van der Waals surface area contributed by atoms with Gasteiger partial charge in [0.1, 0.15) is 11.5 Å².